The minimum Gasteiger partial charge on any atom is -1.00 e. The summed E-state index contributed by atoms with van der Waals surface area (Å²) in [5.74, 6) is 0. The molecule has 1 aliphatic rings. The van der Waals surface area contributed by atoms with Gasteiger partial charge in [0, 0.05) is 40.1 Å². The monoisotopic (exact) mass is 675 g/mol. The van der Waals surface area contributed by atoms with E-state index in [9.17, 15) is 26.0 Å². The zero-order valence-electron chi connectivity index (χ0n) is 28.0. The number of rotatable bonds is 7. The number of hydrogen-bond acceptors (Lipinski definition) is 5. The Kier molecular flexibility index (Phi) is 24.2. The first-order chi connectivity index (χ1) is 18.9. The minimum absolute atomic E-state index is 0. The van der Waals surface area contributed by atoms with Crippen LogP contribution in [0.15, 0.2) is 41.1 Å². The van der Waals surface area contributed by atoms with Crippen molar-refractivity contribution in [2.24, 2.45) is 4.40 Å². The first kappa shape index (κ1) is 47.3. The van der Waals surface area contributed by atoms with Crippen molar-refractivity contribution in [3.05, 3.63) is 59.2 Å². The van der Waals surface area contributed by atoms with Crippen LogP contribution < -0.4 is 34.3 Å². The van der Waals surface area contributed by atoms with Crippen LogP contribution in [0.1, 0.15) is 111 Å². The fraction of sp³-hybridized carbons (Fsp3) is 0.607. The molecule has 245 valence electrons. The number of ether oxygens (including phenoxy) is 1. The van der Waals surface area contributed by atoms with E-state index in [4.69, 9.17) is 4.74 Å². The largest absolute Gasteiger partial charge is 1.00 e. The molecule has 2 aromatic rings. The predicted octanol–water partition coefficient (Wildman–Crippen LogP) is 3.13. The van der Waals surface area contributed by atoms with Crippen molar-refractivity contribution in [2.75, 3.05) is 13.2 Å². The van der Waals surface area contributed by atoms with Crippen LogP contribution in [0.5, 0.6) is 0 Å². The maximum absolute atomic E-state index is 12.5. The van der Waals surface area contributed by atoms with Crippen LogP contribution in [0, 0.1) is 0 Å². The van der Waals surface area contributed by atoms with Crippen molar-refractivity contribution >= 4 is 36.1 Å². The van der Waals surface area contributed by atoms with Crippen LogP contribution in [-0.2, 0) is 26.7 Å². The van der Waals surface area contributed by atoms with Crippen molar-refractivity contribution in [3.63, 3.8) is 0 Å². The molecule has 1 aliphatic heterocycles. The van der Waals surface area contributed by atoms with Gasteiger partial charge in [-0.3, -0.25) is 9.97 Å². The number of nitrogens with one attached hydrogen (secondary N) is 1. The third-order valence-corrected chi connectivity index (χ3v) is 8.53. The Balaban J connectivity index is -0.000000299. The van der Waals surface area contributed by atoms with Gasteiger partial charge in [-0.05, 0) is 104 Å². The van der Waals surface area contributed by atoms with E-state index in [1.807, 2.05) is 20.8 Å². The van der Waals surface area contributed by atoms with E-state index in [2.05, 4.69) is 19.1 Å². The fourth-order valence-electron chi connectivity index (χ4n) is 2.88. The smallest absolute Gasteiger partial charge is 1.00 e. The van der Waals surface area contributed by atoms with Gasteiger partial charge in [-0.25, -0.2) is 30.7 Å². The van der Waals surface area contributed by atoms with Crippen LogP contribution in [0.25, 0.3) is 0 Å². The zero-order valence-corrected chi connectivity index (χ0v) is 30.6. The summed E-state index contributed by atoms with van der Waals surface area (Å²) in [4.78, 5) is 7.16. The van der Waals surface area contributed by atoms with E-state index >= 15 is 0 Å². The minimum atomic E-state index is -2.62. The molecule has 1 saturated heterocycles. The molecule has 16 heteroatoms. The van der Waals surface area contributed by atoms with Crippen molar-refractivity contribution < 1.29 is 67.2 Å². The topological polar surface area (TPSA) is 125 Å². The molecule has 3 rings (SSSR count). The third-order valence-electron chi connectivity index (χ3n) is 5.36. The van der Waals surface area contributed by atoms with Gasteiger partial charge in [0.25, 0.3) is 12.9 Å². The first-order valence-electron chi connectivity index (χ1n) is 13.1. The number of pyridine rings is 2. The Morgan fingerprint density at radius 3 is 1.82 bits per heavy atom. The molecule has 0 aliphatic carbocycles. The van der Waals surface area contributed by atoms with Gasteiger partial charge in [-0.15, -0.1) is 0 Å². The maximum Gasteiger partial charge on any atom is 1.00 e. The van der Waals surface area contributed by atoms with Gasteiger partial charge in [0.05, 0.1) is 26.2 Å². The average Bonchev–Trinajstić information content (AvgIpc) is 3.48. The molecular weight excluding hydrogens is 630 g/mol. The number of halogens is 4. The molecule has 8 nitrogen and oxygen atoms in total. The third kappa shape index (κ3) is 18.2. The molecule has 1 unspecified atom stereocenters. The molecule has 0 spiro atoms. The van der Waals surface area contributed by atoms with Crippen LogP contribution in [0.3, 0.4) is 0 Å². The Hall–Kier alpha value is -1.07. The molecular formula is C28H45BF4N4NaO4S2. The first-order valence-corrected chi connectivity index (χ1v) is 15.4. The van der Waals surface area contributed by atoms with Crippen LogP contribution in [-0.4, -0.2) is 60.7 Å². The van der Waals surface area contributed by atoms with Gasteiger partial charge in [-0.2, -0.15) is 4.40 Å². The van der Waals surface area contributed by atoms with E-state index in [1.54, 1.807) is 46.8 Å². The Bertz CT molecular complexity index is 1180. The van der Waals surface area contributed by atoms with Crippen LogP contribution >= 0.6 is 0 Å². The molecule has 3 atom stereocenters. The van der Waals surface area contributed by atoms with Crippen molar-refractivity contribution in [3.8, 4) is 0 Å². The van der Waals surface area contributed by atoms with E-state index in [-0.39, 0.29) is 62.3 Å². The zero-order chi connectivity index (χ0) is 31.4. The van der Waals surface area contributed by atoms with Gasteiger partial charge in [0.2, 0.25) is 0 Å². The maximum atomic E-state index is 12.5. The molecule has 44 heavy (non-hydrogen) atoms. The summed E-state index contributed by atoms with van der Waals surface area (Å²) in [6.45, 7) is 16.4. The summed E-state index contributed by atoms with van der Waals surface area (Å²) >= 11 is 0. The molecule has 3 heterocycles. The summed E-state index contributed by atoms with van der Waals surface area (Å²) in [5.41, 5.74) is 1.06. The normalized spacial score (nSPS) is 15.3. The second kappa shape index (κ2) is 22.5. The van der Waals surface area contributed by atoms with Crippen LogP contribution in [0.2, 0.25) is 0 Å². The fourth-order valence-corrected chi connectivity index (χ4v) is 4.32. The molecule has 0 aromatic carbocycles. The molecule has 3 radical (unpaired) electrons. The molecule has 0 bridgehead atoms. The van der Waals surface area contributed by atoms with Gasteiger partial charge in [0.1, 0.15) is 22.4 Å². The van der Waals surface area contributed by atoms with E-state index < -0.39 is 44.3 Å². The van der Waals surface area contributed by atoms with E-state index in [0.29, 0.717) is 16.8 Å². The second-order valence-electron chi connectivity index (χ2n) is 11.2. The Morgan fingerprint density at radius 1 is 0.932 bits per heavy atom. The number of alkyl halides is 4. The summed E-state index contributed by atoms with van der Waals surface area (Å²) in [6, 6.07) is 5.55. The summed E-state index contributed by atoms with van der Waals surface area (Å²) < 4.78 is 84.8. The molecule has 1 fully saturated rings. The van der Waals surface area contributed by atoms with Crippen molar-refractivity contribution in [2.45, 2.75) is 96.6 Å². The van der Waals surface area contributed by atoms with Gasteiger partial charge >= 0.3 is 29.6 Å². The van der Waals surface area contributed by atoms with Crippen molar-refractivity contribution in [1.82, 2.24) is 14.7 Å². The molecule has 0 amide bonds. The number of aromatic nitrogens is 2. The number of nitrogens with zero attached hydrogens (tertiary/aromatic N) is 3. The average molecular weight is 676 g/mol. The Labute approximate surface area is 289 Å². The Morgan fingerprint density at radius 2 is 1.41 bits per heavy atom. The number of hydrogen-bond donors (Lipinski definition) is 1. The molecule has 3 N–H and O–H groups in total. The molecule has 0 saturated carbocycles. The summed E-state index contributed by atoms with van der Waals surface area (Å²) in [7, 11) is -2.65. The summed E-state index contributed by atoms with van der Waals surface area (Å²) in [6.07, 6.45) is -0.0126. The SMILES string of the molecule is C1CCOC1.CC(=N[S@](=O)C(C)(C)C)c1ccnc(C(F)F)c1.CC(N[S@](=O)C(C)(C)C)c1ccnc(C(F)F)c1.O.[B].[H-].[Na+]. The standard InChI is InChI=1S/C12H18F2N2OS.C12H16F2N2OS.C4H8O.B.Na.H2O.H/c2*1-8(16-18(17)12(2,3)4)9-5-6-15-10(7-9)11(13)14;1-2-4-5-3-1;;;;/h5-8,11,16H,1-4H3;5-7,11H,1-4H3;1-4H2;;;1H2;/q;;;;+1;;-1/t8?,18-;18-;;;;;/m11...../s1. The van der Waals surface area contributed by atoms with Gasteiger partial charge in [0.15, 0.2) is 0 Å². The van der Waals surface area contributed by atoms with E-state index in [0.717, 1.165) is 13.2 Å². The summed E-state index contributed by atoms with van der Waals surface area (Å²) in [5, 5.41) is 0. The van der Waals surface area contributed by atoms with Crippen LogP contribution in [0.4, 0.5) is 17.6 Å². The van der Waals surface area contributed by atoms with E-state index in [1.165, 1.54) is 37.4 Å². The molecule has 2 aromatic heterocycles. The predicted molar refractivity (Wildman–Crippen MR) is 168 cm³/mol. The van der Waals surface area contributed by atoms with Gasteiger partial charge < -0.3 is 11.6 Å². The quantitative estimate of drug-likeness (QED) is 0.275. The van der Waals surface area contributed by atoms with Gasteiger partial charge in [-0.1, -0.05) is 0 Å². The second-order valence-corrected chi connectivity index (χ2v) is 15.1. The van der Waals surface area contributed by atoms with Crippen molar-refractivity contribution in [1.29, 1.82) is 0 Å².